The lowest BCUT2D eigenvalue weighted by Crippen LogP contribution is -3.27. The molecule has 2 aromatic carbocycles. The average molecular weight is 365 g/mol. The van der Waals surface area contributed by atoms with Crippen LogP contribution < -0.4 is 9.80 Å². The molecular weight excluding hydrogens is 338 g/mol. The van der Waals surface area contributed by atoms with Crippen molar-refractivity contribution in [3.63, 3.8) is 0 Å². The Hall–Kier alpha value is -2.47. The SMILES string of the molecule is C[NH+]1CC[NH+]([C@@H](c2ccccc2)[C@@H](O)C(=O)c2c[nH]c3ccccc23)CC1. The molecule has 5 nitrogen and oxygen atoms in total. The van der Waals surface area contributed by atoms with Crippen LogP contribution in [0, 0.1) is 0 Å². The Bertz CT molecular complexity index is 913. The zero-order chi connectivity index (χ0) is 18.8. The molecule has 3 aromatic rings. The van der Waals surface area contributed by atoms with E-state index in [2.05, 4.69) is 12.0 Å². The number of piperazine rings is 1. The zero-order valence-corrected chi connectivity index (χ0v) is 15.6. The number of carbonyl (C=O) groups excluding carboxylic acids is 1. The molecule has 27 heavy (non-hydrogen) atoms. The number of fused-ring (bicyclic) bond motifs is 1. The second-order valence-corrected chi connectivity index (χ2v) is 7.56. The molecule has 4 rings (SSSR count). The van der Waals surface area contributed by atoms with Crippen LogP contribution in [0.3, 0.4) is 0 Å². The largest absolute Gasteiger partial charge is 0.379 e. The third-order valence-corrected chi connectivity index (χ3v) is 5.78. The summed E-state index contributed by atoms with van der Waals surface area (Å²) in [5, 5.41) is 12.1. The number of ketones is 1. The van der Waals surface area contributed by atoms with Gasteiger partial charge in [0, 0.05) is 28.2 Å². The number of benzene rings is 2. The highest BCUT2D eigenvalue weighted by Crippen LogP contribution is 2.23. The van der Waals surface area contributed by atoms with E-state index in [1.807, 2.05) is 54.6 Å². The van der Waals surface area contributed by atoms with E-state index in [0.29, 0.717) is 5.56 Å². The van der Waals surface area contributed by atoms with Gasteiger partial charge in [-0.2, -0.15) is 0 Å². The lowest BCUT2D eigenvalue weighted by molar-refractivity contribution is -1.02. The summed E-state index contributed by atoms with van der Waals surface area (Å²) >= 11 is 0. The zero-order valence-electron chi connectivity index (χ0n) is 15.6. The summed E-state index contributed by atoms with van der Waals surface area (Å²) in [6.07, 6.45) is 0.655. The van der Waals surface area contributed by atoms with Gasteiger partial charge in [0.2, 0.25) is 0 Å². The fourth-order valence-electron chi connectivity index (χ4n) is 4.20. The molecule has 1 aliphatic rings. The number of H-pyrrole nitrogens is 1. The minimum absolute atomic E-state index is 0.208. The summed E-state index contributed by atoms with van der Waals surface area (Å²) in [6, 6.07) is 17.5. The number of likely N-dealkylation sites (N-methyl/N-ethyl adjacent to an activating group) is 1. The van der Waals surface area contributed by atoms with Gasteiger partial charge in [0.05, 0.1) is 7.05 Å². The third kappa shape index (κ3) is 3.54. The van der Waals surface area contributed by atoms with Crippen molar-refractivity contribution in [2.75, 3.05) is 33.2 Å². The highest BCUT2D eigenvalue weighted by molar-refractivity contribution is 6.10. The Morgan fingerprint density at radius 1 is 1.00 bits per heavy atom. The minimum atomic E-state index is -1.07. The number of aliphatic hydroxyl groups is 1. The summed E-state index contributed by atoms with van der Waals surface area (Å²) in [5.74, 6) is -0.208. The number of quaternary nitrogens is 2. The topological polar surface area (TPSA) is 62.0 Å². The molecule has 0 unspecified atom stereocenters. The lowest BCUT2D eigenvalue weighted by Gasteiger charge is -2.35. The molecule has 5 heteroatoms. The number of hydrogen-bond donors (Lipinski definition) is 4. The predicted molar refractivity (Wildman–Crippen MR) is 105 cm³/mol. The molecule has 1 saturated heterocycles. The van der Waals surface area contributed by atoms with E-state index < -0.39 is 6.10 Å². The highest BCUT2D eigenvalue weighted by atomic mass is 16.3. The van der Waals surface area contributed by atoms with Crippen molar-refractivity contribution in [2.24, 2.45) is 0 Å². The minimum Gasteiger partial charge on any atom is -0.379 e. The third-order valence-electron chi connectivity index (χ3n) is 5.78. The molecule has 4 N–H and O–H groups in total. The molecule has 0 aliphatic carbocycles. The van der Waals surface area contributed by atoms with E-state index in [0.717, 1.165) is 42.6 Å². The smallest absolute Gasteiger partial charge is 0.199 e. The molecule has 140 valence electrons. The number of aromatic amines is 1. The first-order valence-corrected chi connectivity index (χ1v) is 9.64. The maximum absolute atomic E-state index is 13.3. The first kappa shape index (κ1) is 17.9. The van der Waals surface area contributed by atoms with Gasteiger partial charge in [0.25, 0.3) is 0 Å². The van der Waals surface area contributed by atoms with Crippen LogP contribution in [0.5, 0.6) is 0 Å². The maximum Gasteiger partial charge on any atom is 0.199 e. The van der Waals surface area contributed by atoms with Crippen molar-refractivity contribution in [3.8, 4) is 0 Å². The number of carbonyl (C=O) groups is 1. The van der Waals surface area contributed by atoms with Crippen LogP contribution in [0.4, 0.5) is 0 Å². The summed E-state index contributed by atoms with van der Waals surface area (Å²) in [4.78, 5) is 19.2. The van der Waals surface area contributed by atoms with Crippen LogP contribution in [0.25, 0.3) is 10.9 Å². The Kier molecular flexibility index (Phi) is 5.07. The van der Waals surface area contributed by atoms with Crippen LogP contribution in [0.1, 0.15) is 22.0 Å². The molecular formula is C22H27N3O2+2. The summed E-state index contributed by atoms with van der Waals surface area (Å²) in [6.45, 7) is 3.99. The van der Waals surface area contributed by atoms with Crippen LogP contribution in [-0.2, 0) is 0 Å². The number of aliphatic hydroxyl groups excluding tert-OH is 1. The van der Waals surface area contributed by atoms with Crippen molar-refractivity contribution in [3.05, 3.63) is 71.9 Å². The van der Waals surface area contributed by atoms with E-state index >= 15 is 0 Å². The van der Waals surface area contributed by atoms with Gasteiger partial charge in [0.1, 0.15) is 32.2 Å². The monoisotopic (exact) mass is 365 g/mol. The lowest BCUT2D eigenvalue weighted by atomic mass is 9.93. The van der Waals surface area contributed by atoms with E-state index in [9.17, 15) is 9.90 Å². The van der Waals surface area contributed by atoms with Crippen molar-refractivity contribution in [2.45, 2.75) is 12.1 Å². The van der Waals surface area contributed by atoms with E-state index in [-0.39, 0.29) is 11.8 Å². The molecule has 1 aromatic heterocycles. The van der Waals surface area contributed by atoms with Gasteiger partial charge in [-0.15, -0.1) is 0 Å². The fourth-order valence-corrected chi connectivity index (χ4v) is 4.20. The molecule has 0 spiro atoms. The maximum atomic E-state index is 13.3. The van der Waals surface area contributed by atoms with E-state index in [4.69, 9.17) is 0 Å². The van der Waals surface area contributed by atoms with E-state index in [1.54, 1.807) is 6.20 Å². The first-order chi connectivity index (χ1) is 13.1. The molecule has 0 amide bonds. The number of para-hydroxylation sites is 1. The second kappa shape index (κ2) is 7.64. The first-order valence-electron chi connectivity index (χ1n) is 9.64. The standard InChI is InChI=1S/C22H25N3O2/c1-24-11-13-25(14-12-24)20(16-7-3-2-4-8-16)22(27)21(26)18-15-23-19-10-6-5-9-17(18)19/h2-10,15,20,22-23,27H,11-14H2,1H3/p+2/t20-,22+/m0/s1. The van der Waals surface area contributed by atoms with Crippen molar-refractivity contribution in [1.82, 2.24) is 4.98 Å². The second-order valence-electron chi connectivity index (χ2n) is 7.56. The van der Waals surface area contributed by atoms with Crippen LogP contribution in [0.15, 0.2) is 60.8 Å². The summed E-state index contributed by atoms with van der Waals surface area (Å²) in [5.41, 5.74) is 2.51. The highest BCUT2D eigenvalue weighted by Gasteiger charge is 2.39. The number of hydrogen-bond acceptors (Lipinski definition) is 2. The Balaban J connectivity index is 1.67. The van der Waals surface area contributed by atoms with Crippen molar-refractivity contribution in [1.29, 1.82) is 0 Å². The van der Waals surface area contributed by atoms with Crippen LogP contribution >= 0.6 is 0 Å². The molecule has 2 atom stereocenters. The Morgan fingerprint density at radius 3 is 2.41 bits per heavy atom. The van der Waals surface area contributed by atoms with Crippen LogP contribution in [0.2, 0.25) is 0 Å². The van der Waals surface area contributed by atoms with Gasteiger partial charge in [-0.3, -0.25) is 4.79 Å². The van der Waals surface area contributed by atoms with Gasteiger partial charge < -0.3 is 19.9 Å². The summed E-state index contributed by atoms with van der Waals surface area (Å²) in [7, 11) is 2.20. The molecule has 0 bridgehead atoms. The number of rotatable bonds is 5. The number of aromatic nitrogens is 1. The Labute approximate surface area is 159 Å². The molecule has 0 saturated carbocycles. The fraction of sp³-hybridized carbons (Fsp3) is 0.318. The summed E-state index contributed by atoms with van der Waals surface area (Å²) < 4.78 is 0. The average Bonchev–Trinajstić information content (AvgIpc) is 3.14. The quantitative estimate of drug-likeness (QED) is 0.476. The normalized spacial score (nSPS) is 22.4. The molecule has 0 radical (unpaired) electrons. The van der Waals surface area contributed by atoms with Gasteiger partial charge in [-0.05, 0) is 6.07 Å². The van der Waals surface area contributed by atoms with Crippen molar-refractivity contribution >= 4 is 16.7 Å². The van der Waals surface area contributed by atoms with Crippen LogP contribution in [-0.4, -0.2) is 55.2 Å². The van der Waals surface area contributed by atoms with E-state index in [1.165, 1.54) is 9.80 Å². The van der Waals surface area contributed by atoms with Crippen molar-refractivity contribution < 1.29 is 19.7 Å². The molecule has 1 fully saturated rings. The predicted octanol–water partition coefficient (Wildman–Crippen LogP) is -0.134. The van der Waals surface area contributed by atoms with Gasteiger partial charge in [0.15, 0.2) is 11.9 Å². The van der Waals surface area contributed by atoms with Gasteiger partial charge in [-0.25, -0.2) is 0 Å². The Morgan fingerprint density at radius 2 is 1.67 bits per heavy atom. The van der Waals surface area contributed by atoms with Gasteiger partial charge in [-0.1, -0.05) is 48.5 Å². The van der Waals surface area contributed by atoms with Gasteiger partial charge >= 0.3 is 0 Å². The number of nitrogens with one attached hydrogen (secondary N) is 3. The molecule has 1 aliphatic heterocycles. The molecule has 2 heterocycles. The number of Topliss-reactive ketones (excluding diaryl/α,β-unsaturated/α-hetero) is 1.